The van der Waals surface area contributed by atoms with Crippen LogP contribution in [-0.4, -0.2) is 35.7 Å². The summed E-state index contributed by atoms with van der Waals surface area (Å²) < 4.78 is 0. The van der Waals surface area contributed by atoms with Gasteiger partial charge < -0.3 is 4.90 Å². The Morgan fingerprint density at radius 3 is 2.48 bits per heavy atom. The molecule has 1 atom stereocenters. The van der Waals surface area contributed by atoms with Gasteiger partial charge in [0.25, 0.3) is 17.7 Å². The van der Waals surface area contributed by atoms with Gasteiger partial charge in [-0.15, -0.1) is 0 Å². The zero-order valence-electron chi connectivity index (χ0n) is 15.7. The number of aryl methyl sites for hydroxylation is 1. The molecule has 0 saturated carbocycles. The Labute approximate surface area is 158 Å². The molecule has 2 aromatic rings. The van der Waals surface area contributed by atoms with Crippen LogP contribution in [0.4, 0.5) is 5.69 Å². The van der Waals surface area contributed by atoms with E-state index in [4.69, 9.17) is 0 Å². The molecule has 0 spiro atoms. The van der Waals surface area contributed by atoms with Gasteiger partial charge in [-0.1, -0.05) is 32.0 Å². The normalized spacial score (nSPS) is 18.7. The lowest BCUT2D eigenvalue weighted by atomic mass is 9.88. The largest absolute Gasteiger partial charge is 0.305 e. The van der Waals surface area contributed by atoms with E-state index in [1.54, 1.807) is 18.2 Å². The highest BCUT2D eigenvalue weighted by Gasteiger charge is 2.36. The quantitative estimate of drug-likeness (QED) is 0.768. The number of hydrogen-bond acceptors (Lipinski definition) is 3. The minimum Gasteiger partial charge on any atom is -0.305 e. The van der Waals surface area contributed by atoms with E-state index in [1.165, 1.54) is 7.05 Å². The third-order valence-electron chi connectivity index (χ3n) is 5.62. The minimum atomic E-state index is -0.357. The summed E-state index contributed by atoms with van der Waals surface area (Å²) in [6, 6.07) is 12.9. The molecule has 5 heteroatoms. The average molecular weight is 362 g/mol. The van der Waals surface area contributed by atoms with E-state index < -0.39 is 0 Å². The van der Waals surface area contributed by atoms with Crippen LogP contribution in [0.15, 0.2) is 42.5 Å². The van der Waals surface area contributed by atoms with Crippen LogP contribution < -0.4 is 4.90 Å². The molecule has 138 valence electrons. The molecule has 0 unspecified atom stereocenters. The third-order valence-corrected chi connectivity index (χ3v) is 5.62. The van der Waals surface area contributed by atoms with Gasteiger partial charge in [0.2, 0.25) is 0 Å². The molecule has 0 bridgehead atoms. The summed E-state index contributed by atoms with van der Waals surface area (Å²) in [4.78, 5) is 40.8. The molecule has 0 radical (unpaired) electrons. The molecule has 0 saturated heterocycles. The Hall–Kier alpha value is -2.95. The standard InChI is InChI=1S/C22H22N2O3/c1-13(2)18-11-9-14-6-4-5-7-19(14)24(18)20(25)15-8-10-16-17(12-15)22(27)23(3)21(16)26/h4-8,10,12-13,18H,9,11H2,1-3H3/t18-/m0/s1. The van der Waals surface area contributed by atoms with Gasteiger partial charge in [-0.05, 0) is 48.6 Å². The van der Waals surface area contributed by atoms with Crippen LogP contribution in [0.25, 0.3) is 0 Å². The predicted molar refractivity (Wildman–Crippen MR) is 103 cm³/mol. The van der Waals surface area contributed by atoms with Gasteiger partial charge in [-0.25, -0.2) is 0 Å². The van der Waals surface area contributed by atoms with Crippen LogP contribution in [0.3, 0.4) is 0 Å². The summed E-state index contributed by atoms with van der Waals surface area (Å²) >= 11 is 0. The fourth-order valence-electron chi connectivity index (χ4n) is 4.09. The lowest BCUT2D eigenvalue weighted by Crippen LogP contribution is -2.46. The Morgan fingerprint density at radius 1 is 1.04 bits per heavy atom. The number of carbonyl (C=O) groups excluding carboxylic acids is 3. The maximum atomic E-state index is 13.5. The SMILES string of the molecule is CC(C)[C@@H]1CCc2ccccc2N1C(=O)c1ccc2c(c1)C(=O)N(C)C2=O. The van der Waals surface area contributed by atoms with E-state index >= 15 is 0 Å². The van der Waals surface area contributed by atoms with Gasteiger partial charge in [-0.2, -0.15) is 0 Å². The van der Waals surface area contributed by atoms with Crippen molar-refractivity contribution in [1.29, 1.82) is 0 Å². The van der Waals surface area contributed by atoms with Crippen LogP contribution in [0, 0.1) is 5.92 Å². The molecule has 2 heterocycles. The third kappa shape index (κ3) is 2.65. The highest BCUT2D eigenvalue weighted by Crippen LogP contribution is 2.35. The first kappa shape index (κ1) is 17.5. The predicted octanol–water partition coefficient (Wildman–Crippen LogP) is 3.53. The number of rotatable bonds is 2. The summed E-state index contributed by atoms with van der Waals surface area (Å²) in [5.74, 6) is -0.494. The number of hydrogen-bond donors (Lipinski definition) is 0. The number of carbonyl (C=O) groups is 3. The summed E-state index contributed by atoms with van der Waals surface area (Å²) in [6.07, 6.45) is 1.86. The van der Waals surface area contributed by atoms with E-state index in [-0.39, 0.29) is 23.8 Å². The fourth-order valence-corrected chi connectivity index (χ4v) is 4.09. The van der Waals surface area contributed by atoms with Gasteiger partial charge in [0, 0.05) is 24.3 Å². The Kier molecular flexibility index (Phi) is 4.10. The molecule has 0 N–H and O–H groups in total. The van der Waals surface area contributed by atoms with Gasteiger partial charge in [0.15, 0.2) is 0 Å². The molecule has 0 aromatic heterocycles. The molecule has 2 aromatic carbocycles. The summed E-state index contributed by atoms with van der Waals surface area (Å²) in [7, 11) is 1.46. The van der Waals surface area contributed by atoms with Gasteiger partial charge >= 0.3 is 0 Å². The zero-order chi connectivity index (χ0) is 19.3. The average Bonchev–Trinajstić information content (AvgIpc) is 2.90. The fraction of sp³-hybridized carbons (Fsp3) is 0.318. The van der Waals surface area contributed by atoms with E-state index in [0.29, 0.717) is 22.6 Å². The molecule has 0 aliphatic carbocycles. The maximum Gasteiger partial charge on any atom is 0.261 e. The molecule has 4 rings (SSSR count). The van der Waals surface area contributed by atoms with Crippen LogP contribution in [-0.2, 0) is 6.42 Å². The molecular formula is C22H22N2O3. The number of imide groups is 1. The Bertz CT molecular complexity index is 964. The number of amides is 3. The number of nitrogens with zero attached hydrogens (tertiary/aromatic N) is 2. The van der Waals surface area contributed by atoms with E-state index in [9.17, 15) is 14.4 Å². The van der Waals surface area contributed by atoms with Crippen LogP contribution in [0.1, 0.15) is 56.9 Å². The highest BCUT2D eigenvalue weighted by molar-refractivity contribution is 6.22. The lowest BCUT2D eigenvalue weighted by Gasteiger charge is -2.39. The smallest absolute Gasteiger partial charge is 0.261 e. The number of benzene rings is 2. The Morgan fingerprint density at radius 2 is 1.74 bits per heavy atom. The maximum absolute atomic E-state index is 13.5. The number of fused-ring (bicyclic) bond motifs is 2. The van der Waals surface area contributed by atoms with E-state index in [1.807, 2.05) is 23.1 Å². The van der Waals surface area contributed by atoms with Crippen molar-refractivity contribution in [1.82, 2.24) is 4.90 Å². The van der Waals surface area contributed by atoms with E-state index in [2.05, 4.69) is 19.9 Å². The van der Waals surface area contributed by atoms with Crippen molar-refractivity contribution in [2.45, 2.75) is 32.7 Å². The summed E-state index contributed by atoms with van der Waals surface area (Å²) in [6.45, 7) is 4.25. The van der Waals surface area contributed by atoms with Crippen molar-refractivity contribution in [3.05, 3.63) is 64.7 Å². The highest BCUT2D eigenvalue weighted by atomic mass is 16.2. The molecule has 2 aliphatic rings. The molecule has 27 heavy (non-hydrogen) atoms. The van der Waals surface area contributed by atoms with Crippen molar-refractivity contribution in [2.75, 3.05) is 11.9 Å². The van der Waals surface area contributed by atoms with Gasteiger partial charge in [0.05, 0.1) is 11.1 Å². The van der Waals surface area contributed by atoms with Crippen LogP contribution in [0.2, 0.25) is 0 Å². The van der Waals surface area contributed by atoms with Crippen LogP contribution >= 0.6 is 0 Å². The first-order valence-electron chi connectivity index (χ1n) is 9.28. The van der Waals surface area contributed by atoms with Crippen molar-refractivity contribution < 1.29 is 14.4 Å². The summed E-state index contributed by atoms with van der Waals surface area (Å²) in [5.41, 5.74) is 3.20. The lowest BCUT2D eigenvalue weighted by molar-refractivity contribution is 0.0693. The van der Waals surface area contributed by atoms with Gasteiger partial charge in [0.1, 0.15) is 0 Å². The van der Waals surface area contributed by atoms with Crippen molar-refractivity contribution in [2.24, 2.45) is 5.92 Å². The van der Waals surface area contributed by atoms with Crippen molar-refractivity contribution in [3.8, 4) is 0 Å². The zero-order valence-corrected chi connectivity index (χ0v) is 15.7. The second-order valence-electron chi connectivity index (χ2n) is 7.58. The first-order valence-corrected chi connectivity index (χ1v) is 9.28. The van der Waals surface area contributed by atoms with Crippen LogP contribution in [0.5, 0.6) is 0 Å². The number of anilines is 1. The first-order chi connectivity index (χ1) is 12.9. The molecule has 3 amide bonds. The van der Waals surface area contributed by atoms with E-state index in [0.717, 1.165) is 29.0 Å². The second-order valence-corrected chi connectivity index (χ2v) is 7.58. The van der Waals surface area contributed by atoms with Gasteiger partial charge in [-0.3, -0.25) is 19.3 Å². The molecule has 5 nitrogen and oxygen atoms in total. The molecule has 2 aliphatic heterocycles. The molecule has 0 fully saturated rings. The summed E-state index contributed by atoms with van der Waals surface area (Å²) in [5, 5.41) is 0. The second kappa shape index (κ2) is 6.34. The van der Waals surface area contributed by atoms with Crippen molar-refractivity contribution >= 4 is 23.4 Å². The Balaban J connectivity index is 1.78. The van der Waals surface area contributed by atoms with Crippen molar-refractivity contribution in [3.63, 3.8) is 0 Å². The molecular weight excluding hydrogens is 340 g/mol. The topological polar surface area (TPSA) is 57.7 Å². The monoisotopic (exact) mass is 362 g/mol. The minimum absolute atomic E-state index is 0.0978. The number of para-hydroxylation sites is 1.